The van der Waals surface area contributed by atoms with Gasteiger partial charge in [0.2, 0.25) is 0 Å². The third-order valence-corrected chi connectivity index (χ3v) is 1.85. The van der Waals surface area contributed by atoms with Crippen LogP contribution in [0.5, 0.6) is 0 Å². The molecule has 8 heavy (non-hydrogen) atoms. The second-order valence-electron chi connectivity index (χ2n) is 2.77. The fourth-order valence-electron chi connectivity index (χ4n) is 1.17. The summed E-state index contributed by atoms with van der Waals surface area (Å²) in [5.41, 5.74) is 10.7. The topological polar surface area (TPSA) is 52.0 Å². The zero-order valence-electron chi connectivity index (χ0n) is 5.22. The minimum Gasteiger partial charge on any atom is -0.311 e. The third-order valence-electron chi connectivity index (χ3n) is 1.85. The zero-order valence-corrected chi connectivity index (χ0v) is 5.22. The predicted octanol–water partition coefficient (Wildman–Crippen LogP) is 0.439. The number of nitrogens with two attached hydrogens (primary N) is 2. The molecule has 0 spiro atoms. The maximum Gasteiger partial charge on any atom is 0.0987 e. The van der Waals surface area contributed by atoms with Crippen molar-refractivity contribution in [3.63, 3.8) is 0 Å². The molecule has 1 aliphatic carbocycles. The first-order valence-corrected chi connectivity index (χ1v) is 3.08. The van der Waals surface area contributed by atoms with Crippen molar-refractivity contribution in [2.24, 2.45) is 23.3 Å². The first-order chi connectivity index (χ1) is 3.70. The Morgan fingerprint density at radius 2 is 1.88 bits per heavy atom. The largest absolute Gasteiger partial charge is 0.311 e. The highest BCUT2D eigenvalue weighted by atomic mass is 14.9. The van der Waals surface area contributed by atoms with Gasteiger partial charge in [0.1, 0.15) is 0 Å². The molecule has 0 unspecified atom stereocenters. The summed E-state index contributed by atoms with van der Waals surface area (Å²) in [6.45, 7) is 2.22. The highest BCUT2D eigenvalue weighted by molar-refractivity contribution is 4.92. The van der Waals surface area contributed by atoms with Crippen LogP contribution in [0.4, 0.5) is 0 Å². The van der Waals surface area contributed by atoms with E-state index >= 15 is 0 Å². The molecular formula is C6H13N2. The lowest BCUT2D eigenvalue weighted by atomic mass is 9.75. The molecule has 0 amide bonds. The van der Waals surface area contributed by atoms with Crippen LogP contribution in [-0.2, 0) is 0 Å². The minimum absolute atomic E-state index is 0.532. The summed E-state index contributed by atoms with van der Waals surface area (Å²) >= 11 is 0. The average molecular weight is 113 g/mol. The van der Waals surface area contributed by atoms with E-state index in [1.54, 1.807) is 0 Å². The summed E-state index contributed by atoms with van der Waals surface area (Å²) in [6.07, 6.45) is 3.02. The van der Waals surface area contributed by atoms with Crippen LogP contribution in [0, 0.1) is 18.0 Å². The number of hydrogen-bond donors (Lipinski definition) is 2. The van der Waals surface area contributed by atoms with Gasteiger partial charge in [0.25, 0.3) is 0 Å². The first kappa shape index (κ1) is 6.05. The summed E-state index contributed by atoms with van der Waals surface area (Å²) in [7, 11) is 0. The molecule has 0 heterocycles. The molecule has 2 nitrogen and oxygen atoms in total. The Kier molecular flexibility index (Phi) is 1.54. The number of rotatable bonds is 1. The van der Waals surface area contributed by atoms with E-state index in [9.17, 15) is 0 Å². The summed E-state index contributed by atoms with van der Waals surface area (Å²) in [4.78, 5) is 0. The Labute approximate surface area is 50.2 Å². The SMILES string of the molecule is CC1CC([C](N)N)C1. The van der Waals surface area contributed by atoms with Crippen LogP contribution in [0.1, 0.15) is 19.8 Å². The van der Waals surface area contributed by atoms with Gasteiger partial charge in [-0.3, -0.25) is 0 Å². The second-order valence-corrected chi connectivity index (χ2v) is 2.77. The Bertz CT molecular complexity index is 74.6. The van der Waals surface area contributed by atoms with Gasteiger partial charge in [-0.2, -0.15) is 0 Å². The Morgan fingerprint density at radius 1 is 1.38 bits per heavy atom. The molecular weight excluding hydrogens is 100 g/mol. The van der Waals surface area contributed by atoms with E-state index in [1.807, 2.05) is 0 Å². The van der Waals surface area contributed by atoms with Gasteiger partial charge in [-0.25, -0.2) is 0 Å². The maximum atomic E-state index is 5.35. The van der Waals surface area contributed by atoms with Gasteiger partial charge in [-0.05, 0) is 24.7 Å². The molecule has 47 valence electrons. The molecule has 0 bridgehead atoms. The standard InChI is InChI=1S/C6H13N2/c1-4-2-5(3-4)6(7)8/h4-5H,2-3,7-8H2,1H3. The van der Waals surface area contributed by atoms with Crippen LogP contribution in [-0.4, -0.2) is 0 Å². The highest BCUT2D eigenvalue weighted by Crippen LogP contribution is 2.35. The lowest BCUT2D eigenvalue weighted by Crippen LogP contribution is -2.37. The van der Waals surface area contributed by atoms with E-state index in [2.05, 4.69) is 6.92 Å². The highest BCUT2D eigenvalue weighted by Gasteiger charge is 2.28. The van der Waals surface area contributed by atoms with Gasteiger partial charge in [0.05, 0.1) is 6.17 Å². The molecule has 1 aliphatic rings. The van der Waals surface area contributed by atoms with Gasteiger partial charge in [-0.15, -0.1) is 0 Å². The lowest BCUT2D eigenvalue weighted by molar-refractivity contribution is 0.220. The molecule has 1 radical (unpaired) electrons. The van der Waals surface area contributed by atoms with Crippen molar-refractivity contribution in [2.75, 3.05) is 0 Å². The molecule has 1 rings (SSSR count). The molecule has 0 aromatic heterocycles. The van der Waals surface area contributed by atoms with Crippen molar-refractivity contribution in [2.45, 2.75) is 19.8 Å². The van der Waals surface area contributed by atoms with Crippen LogP contribution in [0.2, 0.25) is 0 Å². The fourth-order valence-corrected chi connectivity index (χ4v) is 1.17. The fraction of sp³-hybridized carbons (Fsp3) is 0.833. The number of hydrogen-bond acceptors (Lipinski definition) is 2. The van der Waals surface area contributed by atoms with Crippen molar-refractivity contribution in [3.8, 4) is 0 Å². The van der Waals surface area contributed by atoms with Crippen LogP contribution >= 0.6 is 0 Å². The minimum atomic E-state index is 0.532. The van der Waals surface area contributed by atoms with Gasteiger partial charge in [0, 0.05) is 0 Å². The molecule has 0 aliphatic heterocycles. The summed E-state index contributed by atoms with van der Waals surface area (Å²) < 4.78 is 0. The van der Waals surface area contributed by atoms with Crippen molar-refractivity contribution in [1.29, 1.82) is 0 Å². The van der Waals surface area contributed by atoms with Crippen LogP contribution in [0.25, 0.3) is 0 Å². The lowest BCUT2D eigenvalue weighted by Gasteiger charge is -2.34. The predicted molar refractivity (Wildman–Crippen MR) is 33.5 cm³/mol. The molecule has 1 saturated carbocycles. The van der Waals surface area contributed by atoms with Gasteiger partial charge in [0.15, 0.2) is 0 Å². The quantitative estimate of drug-likeness (QED) is 0.518. The molecule has 0 saturated heterocycles. The maximum absolute atomic E-state index is 5.35. The summed E-state index contributed by atoms with van der Waals surface area (Å²) in [5.74, 6) is 1.38. The van der Waals surface area contributed by atoms with E-state index in [0.29, 0.717) is 12.1 Å². The monoisotopic (exact) mass is 113 g/mol. The Morgan fingerprint density at radius 3 is 2.00 bits per heavy atom. The second kappa shape index (κ2) is 2.03. The van der Waals surface area contributed by atoms with Gasteiger partial charge >= 0.3 is 0 Å². The van der Waals surface area contributed by atoms with Crippen LogP contribution in [0.15, 0.2) is 0 Å². The van der Waals surface area contributed by atoms with E-state index in [4.69, 9.17) is 11.5 Å². The molecule has 0 aromatic rings. The van der Waals surface area contributed by atoms with E-state index < -0.39 is 0 Å². The van der Waals surface area contributed by atoms with Crippen molar-refractivity contribution in [3.05, 3.63) is 6.17 Å². The molecule has 0 aromatic carbocycles. The van der Waals surface area contributed by atoms with E-state index in [1.165, 1.54) is 12.8 Å². The normalized spacial score (nSPS) is 37.5. The molecule has 2 heteroatoms. The van der Waals surface area contributed by atoms with E-state index in [0.717, 1.165) is 5.92 Å². The molecule has 1 fully saturated rings. The van der Waals surface area contributed by atoms with Gasteiger partial charge < -0.3 is 11.5 Å². The van der Waals surface area contributed by atoms with Crippen LogP contribution < -0.4 is 11.5 Å². The van der Waals surface area contributed by atoms with E-state index in [-0.39, 0.29) is 0 Å². The average Bonchev–Trinajstić information content (AvgIpc) is 1.57. The smallest absolute Gasteiger partial charge is 0.0987 e. The Balaban J connectivity index is 2.15. The summed E-state index contributed by atoms with van der Waals surface area (Å²) in [5, 5.41) is 0. The van der Waals surface area contributed by atoms with Gasteiger partial charge in [-0.1, -0.05) is 6.92 Å². The summed E-state index contributed by atoms with van der Waals surface area (Å²) in [6, 6.07) is 0. The van der Waals surface area contributed by atoms with Crippen molar-refractivity contribution < 1.29 is 0 Å². The zero-order chi connectivity index (χ0) is 6.15. The first-order valence-electron chi connectivity index (χ1n) is 3.08. The van der Waals surface area contributed by atoms with Crippen LogP contribution in [0.3, 0.4) is 0 Å². The Hall–Kier alpha value is -0.0800. The van der Waals surface area contributed by atoms with Crippen molar-refractivity contribution >= 4 is 0 Å². The molecule has 4 N–H and O–H groups in total. The third kappa shape index (κ3) is 1.01. The van der Waals surface area contributed by atoms with Crippen molar-refractivity contribution in [1.82, 2.24) is 0 Å². The molecule has 0 atom stereocenters.